The van der Waals surface area contributed by atoms with Gasteiger partial charge in [0.05, 0.1) is 12.6 Å². The molecule has 6 atom stereocenters. The standard InChI is InChI=1S/C25H38N8O6S/c1-13(26)22(36)32-19-12-40-11-18(25(39)30-14(2)21(27)35)31-23(37)15(3)29-20(34)10-28-24(38)16(4)33(19)17-8-6-5-7-9-17/h5-9,13-16,18-19H,10-12,26H2,1-4H3,(H2,27,35)(H,28,38)(H,29,34)(H,30,39)(H,31,37)(H,32,36)/t13-,14-,15-,16-,18-,19+/m0/s1. The summed E-state index contributed by atoms with van der Waals surface area (Å²) < 4.78 is 0. The summed E-state index contributed by atoms with van der Waals surface area (Å²) in [6.07, 6.45) is -0.784. The molecular weight excluding hydrogens is 540 g/mol. The number of para-hydroxylation sites is 1. The lowest BCUT2D eigenvalue weighted by molar-refractivity contribution is -0.132. The topological polar surface area (TPSA) is 218 Å². The Bertz CT molecular complexity index is 1090. The van der Waals surface area contributed by atoms with Gasteiger partial charge in [0, 0.05) is 17.2 Å². The van der Waals surface area contributed by atoms with E-state index in [-0.39, 0.29) is 11.5 Å². The molecule has 1 aromatic rings. The Labute approximate surface area is 237 Å². The molecule has 0 spiro atoms. The van der Waals surface area contributed by atoms with Gasteiger partial charge in [-0.1, -0.05) is 18.2 Å². The molecule has 1 aliphatic rings. The lowest BCUT2D eigenvalue weighted by atomic mass is 10.1. The third-order valence-corrected chi connectivity index (χ3v) is 7.20. The van der Waals surface area contributed by atoms with Crippen LogP contribution < -0.4 is 43.0 Å². The number of thioether (sulfide) groups is 1. The Hall–Kier alpha value is -3.85. The van der Waals surface area contributed by atoms with Gasteiger partial charge in [0.1, 0.15) is 30.3 Å². The van der Waals surface area contributed by atoms with E-state index in [4.69, 9.17) is 11.5 Å². The zero-order valence-electron chi connectivity index (χ0n) is 22.9. The number of nitrogens with two attached hydrogens (primary N) is 2. The number of hydrogen-bond acceptors (Lipinski definition) is 9. The van der Waals surface area contributed by atoms with Crippen LogP contribution in [0.2, 0.25) is 0 Å². The molecule has 0 saturated carbocycles. The first-order chi connectivity index (χ1) is 18.8. The molecule has 0 unspecified atom stereocenters. The van der Waals surface area contributed by atoms with Crippen LogP contribution in [0.3, 0.4) is 0 Å². The minimum atomic E-state index is -1.11. The van der Waals surface area contributed by atoms with Gasteiger partial charge in [-0.05, 0) is 39.8 Å². The molecule has 1 fully saturated rings. The molecule has 9 N–H and O–H groups in total. The van der Waals surface area contributed by atoms with E-state index in [0.29, 0.717) is 5.69 Å². The highest BCUT2D eigenvalue weighted by Gasteiger charge is 2.32. The van der Waals surface area contributed by atoms with Crippen LogP contribution in [0, 0.1) is 0 Å². The van der Waals surface area contributed by atoms with Gasteiger partial charge in [0.15, 0.2) is 0 Å². The highest BCUT2D eigenvalue weighted by atomic mass is 32.2. The predicted octanol–water partition coefficient (Wildman–Crippen LogP) is -2.49. The van der Waals surface area contributed by atoms with E-state index in [2.05, 4.69) is 26.6 Å². The Balaban J connectivity index is 2.47. The second kappa shape index (κ2) is 15.1. The van der Waals surface area contributed by atoms with Crippen LogP contribution in [0.25, 0.3) is 0 Å². The van der Waals surface area contributed by atoms with Gasteiger partial charge in [0.2, 0.25) is 35.4 Å². The molecule has 6 amide bonds. The molecule has 0 aliphatic carbocycles. The van der Waals surface area contributed by atoms with Gasteiger partial charge in [0.25, 0.3) is 0 Å². The maximum absolute atomic E-state index is 13.1. The van der Waals surface area contributed by atoms with Crippen LogP contribution in [0.4, 0.5) is 5.69 Å². The maximum atomic E-state index is 13.1. The summed E-state index contributed by atoms with van der Waals surface area (Å²) in [5.74, 6) is -3.45. The normalized spacial score (nSPS) is 24.6. The van der Waals surface area contributed by atoms with E-state index in [1.165, 1.54) is 32.5 Å². The summed E-state index contributed by atoms with van der Waals surface area (Å²) >= 11 is 1.22. The Morgan fingerprint density at radius 3 is 2.27 bits per heavy atom. The Morgan fingerprint density at radius 1 is 1.02 bits per heavy atom. The van der Waals surface area contributed by atoms with Crippen molar-refractivity contribution in [3.63, 3.8) is 0 Å². The minimum Gasteiger partial charge on any atom is -0.368 e. The minimum absolute atomic E-state index is 0.0253. The van der Waals surface area contributed by atoms with Crippen LogP contribution in [0.1, 0.15) is 27.7 Å². The van der Waals surface area contributed by atoms with E-state index in [0.717, 1.165) is 0 Å². The molecule has 40 heavy (non-hydrogen) atoms. The smallest absolute Gasteiger partial charge is 0.244 e. The van der Waals surface area contributed by atoms with E-state index < -0.39 is 78.4 Å². The average Bonchev–Trinajstić information content (AvgIpc) is 2.90. The van der Waals surface area contributed by atoms with Gasteiger partial charge in [-0.2, -0.15) is 11.8 Å². The molecule has 14 nitrogen and oxygen atoms in total. The van der Waals surface area contributed by atoms with Crippen LogP contribution in [-0.2, 0) is 28.8 Å². The van der Waals surface area contributed by atoms with Gasteiger partial charge in [-0.3, -0.25) is 28.8 Å². The lowest BCUT2D eigenvalue weighted by Crippen LogP contribution is -2.59. The molecule has 2 rings (SSSR count). The summed E-state index contributed by atoms with van der Waals surface area (Å²) in [5, 5.41) is 13.0. The van der Waals surface area contributed by atoms with Crippen LogP contribution in [0.5, 0.6) is 0 Å². The molecule has 1 aromatic carbocycles. The number of rotatable bonds is 6. The number of hydrogen-bond donors (Lipinski definition) is 7. The molecule has 15 heteroatoms. The molecule has 0 radical (unpaired) electrons. The van der Waals surface area contributed by atoms with Crippen molar-refractivity contribution >= 4 is 52.9 Å². The number of benzene rings is 1. The van der Waals surface area contributed by atoms with Gasteiger partial charge in [-0.15, -0.1) is 0 Å². The fraction of sp³-hybridized carbons (Fsp3) is 0.520. The first-order valence-corrected chi connectivity index (χ1v) is 13.9. The summed E-state index contributed by atoms with van der Waals surface area (Å²) in [5.41, 5.74) is 11.7. The van der Waals surface area contributed by atoms with Crippen molar-refractivity contribution in [2.24, 2.45) is 11.5 Å². The van der Waals surface area contributed by atoms with Gasteiger partial charge in [-0.25, -0.2) is 0 Å². The highest BCUT2D eigenvalue weighted by Crippen LogP contribution is 2.22. The molecule has 1 aliphatic heterocycles. The van der Waals surface area contributed by atoms with E-state index >= 15 is 0 Å². The number of primary amides is 1. The number of carbonyl (C=O) groups excluding carboxylic acids is 6. The van der Waals surface area contributed by atoms with Crippen molar-refractivity contribution in [2.45, 2.75) is 64.1 Å². The van der Waals surface area contributed by atoms with Crippen molar-refractivity contribution < 1.29 is 28.8 Å². The largest absolute Gasteiger partial charge is 0.368 e. The predicted molar refractivity (Wildman–Crippen MR) is 151 cm³/mol. The molecule has 220 valence electrons. The molecular formula is C25H38N8O6S. The zero-order valence-corrected chi connectivity index (χ0v) is 23.7. The quantitative estimate of drug-likeness (QED) is 0.190. The number of nitrogens with one attached hydrogen (secondary N) is 5. The summed E-state index contributed by atoms with van der Waals surface area (Å²) in [7, 11) is 0. The summed E-state index contributed by atoms with van der Waals surface area (Å²) in [6.45, 7) is 5.58. The molecule has 0 aromatic heterocycles. The fourth-order valence-corrected chi connectivity index (χ4v) is 4.80. The number of anilines is 1. The Morgan fingerprint density at radius 2 is 1.68 bits per heavy atom. The summed E-state index contributed by atoms with van der Waals surface area (Å²) in [6, 6.07) is 4.05. The van der Waals surface area contributed by atoms with E-state index in [1.807, 2.05) is 0 Å². The first kappa shape index (κ1) is 32.4. The molecule has 0 bridgehead atoms. The van der Waals surface area contributed by atoms with Crippen molar-refractivity contribution in [2.75, 3.05) is 23.0 Å². The lowest BCUT2D eigenvalue weighted by Gasteiger charge is -2.38. The zero-order chi connectivity index (χ0) is 30.0. The number of amides is 6. The van der Waals surface area contributed by atoms with E-state index in [1.54, 1.807) is 42.2 Å². The van der Waals surface area contributed by atoms with Crippen LogP contribution in [-0.4, -0.2) is 89.9 Å². The third kappa shape index (κ3) is 9.41. The van der Waals surface area contributed by atoms with Crippen molar-refractivity contribution in [3.05, 3.63) is 30.3 Å². The number of carbonyl (C=O) groups is 6. The van der Waals surface area contributed by atoms with Crippen molar-refractivity contribution in [1.29, 1.82) is 0 Å². The third-order valence-electron chi connectivity index (χ3n) is 6.08. The maximum Gasteiger partial charge on any atom is 0.244 e. The van der Waals surface area contributed by atoms with E-state index in [9.17, 15) is 28.8 Å². The first-order valence-electron chi connectivity index (χ1n) is 12.8. The SMILES string of the molecule is C[C@H](N)C(=O)N[C@H]1CSC[C@@H](C(=O)N[C@@H](C)C(N)=O)NC(=O)[C@H](C)NC(=O)CNC(=O)[C@H](C)N1c1ccccc1. The second-order valence-corrected chi connectivity index (χ2v) is 10.5. The summed E-state index contributed by atoms with van der Waals surface area (Å²) in [4.78, 5) is 77.2. The molecule has 1 heterocycles. The number of nitrogens with zero attached hydrogens (tertiary/aromatic N) is 1. The molecule has 1 saturated heterocycles. The van der Waals surface area contributed by atoms with Crippen molar-refractivity contribution in [1.82, 2.24) is 26.6 Å². The van der Waals surface area contributed by atoms with Crippen LogP contribution in [0.15, 0.2) is 30.3 Å². The average molecular weight is 579 g/mol. The monoisotopic (exact) mass is 578 g/mol. The fourth-order valence-electron chi connectivity index (χ4n) is 3.72. The van der Waals surface area contributed by atoms with Gasteiger partial charge < -0.3 is 43.0 Å². The van der Waals surface area contributed by atoms with Crippen molar-refractivity contribution in [3.8, 4) is 0 Å². The van der Waals surface area contributed by atoms with Gasteiger partial charge >= 0.3 is 0 Å². The second-order valence-electron chi connectivity index (χ2n) is 9.47. The Kier molecular flexibility index (Phi) is 12.2. The van der Waals surface area contributed by atoms with Crippen LogP contribution >= 0.6 is 11.8 Å². The highest BCUT2D eigenvalue weighted by molar-refractivity contribution is 7.99.